The van der Waals surface area contributed by atoms with Gasteiger partial charge in [-0.25, -0.2) is 0 Å². The minimum absolute atomic E-state index is 0.232. The number of hydrogen-bond donors (Lipinski definition) is 0. The van der Waals surface area contributed by atoms with Crippen LogP contribution in [0.25, 0.3) is 108 Å². The van der Waals surface area contributed by atoms with Crippen LogP contribution in [0.5, 0.6) is 0 Å². The molecular formula is C86H70. The smallest absolute Gasteiger partial charge is 0.00679 e. The van der Waals surface area contributed by atoms with E-state index in [1.54, 1.807) is 16.7 Å². The first-order valence-corrected chi connectivity index (χ1v) is 32.2. The average molecular weight is 1100 g/mol. The lowest BCUT2D eigenvalue weighted by molar-refractivity contribution is 0.338. The van der Waals surface area contributed by atoms with Crippen LogP contribution in [0.15, 0.2) is 253 Å². The second kappa shape index (κ2) is 21.4. The van der Waals surface area contributed by atoms with Gasteiger partial charge in [-0.05, 0) is 242 Å². The Morgan fingerprint density at radius 3 is 2.05 bits per heavy atom. The van der Waals surface area contributed by atoms with E-state index in [1.165, 1.54) is 138 Å². The molecule has 0 spiro atoms. The summed E-state index contributed by atoms with van der Waals surface area (Å²) in [5, 5.41) is 13.8. The summed E-state index contributed by atoms with van der Waals surface area (Å²) in [7, 11) is 0. The van der Waals surface area contributed by atoms with Gasteiger partial charge in [-0.15, -0.1) is 0 Å². The third-order valence-electron chi connectivity index (χ3n) is 21.0. The highest BCUT2D eigenvalue weighted by atomic mass is 14.5. The predicted octanol–water partition coefficient (Wildman–Crippen LogP) is 17.6. The minimum atomic E-state index is 0.232. The summed E-state index contributed by atoms with van der Waals surface area (Å²) in [6, 6.07) is 67.9. The highest BCUT2D eigenvalue weighted by Crippen LogP contribution is 2.56. The van der Waals surface area contributed by atoms with Crippen LogP contribution >= 0.6 is 0 Å². The third kappa shape index (κ3) is 8.69. The van der Waals surface area contributed by atoms with E-state index in [2.05, 4.69) is 267 Å². The fraction of sp³-hybridized carbons (Fsp3) is 0.186. The Labute approximate surface area is 505 Å². The molecule has 0 aromatic heterocycles. The Balaban J connectivity index is 0.782. The van der Waals surface area contributed by atoms with Gasteiger partial charge < -0.3 is 0 Å². The van der Waals surface area contributed by atoms with Gasteiger partial charge >= 0.3 is 0 Å². The Morgan fingerprint density at radius 1 is 0.430 bits per heavy atom. The maximum atomic E-state index is 2.63. The highest BCUT2D eigenvalue weighted by Gasteiger charge is 2.43. The Morgan fingerprint density at radius 2 is 1.19 bits per heavy atom. The van der Waals surface area contributed by atoms with Gasteiger partial charge in [-0.1, -0.05) is 255 Å². The maximum absolute atomic E-state index is 2.63. The fourth-order valence-corrected chi connectivity index (χ4v) is 17.1. The van der Waals surface area contributed by atoms with E-state index < -0.39 is 0 Å². The van der Waals surface area contributed by atoms with Crippen molar-refractivity contribution >= 4 is 63.1 Å². The van der Waals surface area contributed by atoms with Crippen molar-refractivity contribution in [2.75, 3.05) is 0 Å². The molecule has 0 aliphatic heterocycles. The standard InChI is InChI=1S/C86H70/c1-3-20-55(21-4-1)80-53-67(63-26-19-27-64(50-63)84-74-34-15-17-36-76(74)86(77-37-18-16-35-75(77)84)66-49-43-60-41-39-58-25-8-10-29-69(58)79(60)52-66)54-81(56-22-5-2-6-23-56)83(80)62-46-44-61(45-47-62)82-70-30-11-13-32-72(70)85(73-33-14-12-31-71(73)82)65-48-42-59-40-38-57-24-7-9-28-68(57)78(59)51-65/h1-11,13,15,17-22,24-33,36-39,41,43-47,50-54,56,59,66,74-75,84H,12,14,16,23,34-35,40,42,48-49H2. The maximum Gasteiger partial charge on any atom is 0.00679 e. The van der Waals surface area contributed by atoms with Crippen molar-refractivity contribution in [2.45, 2.75) is 76.0 Å². The molecule has 0 bridgehead atoms. The first-order chi connectivity index (χ1) is 42.7. The molecule has 17 rings (SSSR count). The molecule has 0 fully saturated rings. The van der Waals surface area contributed by atoms with Crippen LogP contribution in [0.3, 0.4) is 0 Å². The van der Waals surface area contributed by atoms with E-state index in [4.69, 9.17) is 0 Å². The van der Waals surface area contributed by atoms with E-state index in [0.717, 1.165) is 51.4 Å². The van der Waals surface area contributed by atoms with Crippen LogP contribution in [0.1, 0.15) is 92.7 Å². The number of rotatable bonds is 8. The zero-order valence-corrected chi connectivity index (χ0v) is 48.9. The molecule has 0 saturated carbocycles. The molecular weight excluding hydrogens is 1030 g/mol. The van der Waals surface area contributed by atoms with Crippen LogP contribution < -0.4 is 31.3 Å². The zero-order valence-electron chi connectivity index (χ0n) is 48.9. The Bertz CT molecular complexity index is 4950. The predicted molar refractivity (Wildman–Crippen MR) is 365 cm³/mol. The van der Waals surface area contributed by atoms with E-state index in [0.29, 0.717) is 29.6 Å². The normalized spacial score (nSPS) is 22.3. The monoisotopic (exact) mass is 1100 g/mol. The van der Waals surface area contributed by atoms with E-state index in [9.17, 15) is 0 Å². The van der Waals surface area contributed by atoms with Crippen molar-refractivity contribution in [3.63, 3.8) is 0 Å². The van der Waals surface area contributed by atoms with Crippen molar-refractivity contribution in [2.24, 2.45) is 23.7 Å². The molecule has 6 atom stereocenters. The lowest BCUT2D eigenvalue weighted by Gasteiger charge is -2.46. The van der Waals surface area contributed by atoms with Gasteiger partial charge in [0.15, 0.2) is 0 Å². The van der Waals surface area contributed by atoms with Crippen molar-refractivity contribution in [3.8, 4) is 44.5 Å². The molecule has 9 aromatic carbocycles. The molecule has 0 heterocycles. The first-order valence-electron chi connectivity index (χ1n) is 32.2. The molecule has 8 aliphatic rings. The summed E-state index contributed by atoms with van der Waals surface area (Å²) in [6.45, 7) is 0. The first kappa shape index (κ1) is 51.3. The van der Waals surface area contributed by atoms with Crippen LogP contribution in [0.4, 0.5) is 0 Å². The van der Waals surface area contributed by atoms with Crippen molar-refractivity contribution < 1.29 is 0 Å². The number of benzene rings is 9. The molecule has 0 saturated heterocycles. The average Bonchev–Trinajstić information content (AvgIpc) is 3.71. The minimum Gasteiger partial charge on any atom is -0.0842 e. The number of allylic oxidation sites excluding steroid dienone is 14. The van der Waals surface area contributed by atoms with E-state index >= 15 is 0 Å². The van der Waals surface area contributed by atoms with Crippen LogP contribution in [-0.2, 0) is 0 Å². The molecule has 0 heteroatoms. The highest BCUT2D eigenvalue weighted by molar-refractivity contribution is 6.05. The summed E-state index contributed by atoms with van der Waals surface area (Å²) < 4.78 is 0. The van der Waals surface area contributed by atoms with Crippen molar-refractivity contribution in [3.05, 3.63) is 301 Å². The van der Waals surface area contributed by atoms with Gasteiger partial charge in [0.25, 0.3) is 0 Å². The van der Waals surface area contributed by atoms with Gasteiger partial charge in [0.1, 0.15) is 0 Å². The van der Waals surface area contributed by atoms with E-state index in [-0.39, 0.29) is 5.92 Å². The molecule has 0 radical (unpaired) electrons. The fourth-order valence-electron chi connectivity index (χ4n) is 17.1. The van der Waals surface area contributed by atoms with Gasteiger partial charge in [0.2, 0.25) is 0 Å². The summed E-state index contributed by atoms with van der Waals surface area (Å²) >= 11 is 0. The van der Waals surface area contributed by atoms with Crippen LogP contribution in [0, 0.1) is 23.7 Å². The number of fused-ring (bicyclic) bond motifs is 9. The lowest BCUT2D eigenvalue weighted by atomic mass is 9.58. The van der Waals surface area contributed by atoms with Gasteiger partial charge in [-0.3, -0.25) is 0 Å². The quantitative estimate of drug-likeness (QED) is 0.142. The molecule has 6 unspecified atom stereocenters. The summed E-state index contributed by atoms with van der Waals surface area (Å²) in [5.41, 5.74) is 22.4. The number of hydrogen-bond acceptors (Lipinski definition) is 0. The van der Waals surface area contributed by atoms with Gasteiger partial charge in [-0.2, -0.15) is 0 Å². The Hall–Kier alpha value is -9.10. The molecule has 8 aliphatic carbocycles. The Kier molecular flexibility index (Phi) is 12.8. The molecule has 0 nitrogen and oxygen atoms in total. The second-order valence-electron chi connectivity index (χ2n) is 25.6. The van der Waals surface area contributed by atoms with Crippen molar-refractivity contribution in [1.82, 2.24) is 0 Å². The van der Waals surface area contributed by atoms with Crippen molar-refractivity contribution in [1.29, 1.82) is 0 Å². The van der Waals surface area contributed by atoms with Gasteiger partial charge in [0, 0.05) is 11.8 Å². The van der Waals surface area contributed by atoms with E-state index in [1.807, 2.05) is 0 Å². The van der Waals surface area contributed by atoms with Gasteiger partial charge in [0.05, 0.1) is 0 Å². The lowest BCUT2D eigenvalue weighted by Crippen LogP contribution is -2.36. The molecule has 86 heavy (non-hydrogen) atoms. The van der Waals surface area contributed by atoms with Crippen LogP contribution in [-0.4, -0.2) is 0 Å². The zero-order chi connectivity index (χ0) is 56.7. The summed E-state index contributed by atoms with van der Waals surface area (Å²) in [4.78, 5) is 0. The molecule has 9 aromatic rings. The van der Waals surface area contributed by atoms with Crippen LogP contribution in [0.2, 0.25) is 0 Å². The summed E-state index contributed by atoms with van der Waals surface area (Å²) in [5.74, 6) is 2.42. The largest absolute Gasteiger partial charge is 0.0842 e. The summed E-state index contributed by atoms with van der Waals surface area (Å²) in [6.07, 6.45) is 47.8. The molecule has 414 valence electrons. The second-order valence-corrected chi connectivity index (χ2v) is 25.6. The third-order valence-corrected chi connectivity index (χ3v) is 21.0. The SMILES string of the molecule is C1=CCC(c2cc(-c3cccc(C4C5CC=CC=C5C(C5C=c6c(ccc7ccccc67)=CC5)=C5C=CCCC54)c3)cc(-c3ccccc3)c2-c2ccc(-c3c4c(c(C5=CC6=c7ccccc7=CCC6CC5)c5ccccc35)=CCCC=4)cc2)C=C1. The molecule has 0 N–H and O–H groups in total. The topological polar surface area (TPSA) is 0 Å². The molecule has 0 amide bonds.